The summed E-state index contributed by atoms with van der Waals surface area (Å²) >= 11 is 0. The highest BCUT2D eigenvalue weighted by Crippen LogP contribution is 2.35. The molecule has 0 bridgehead atoms. The number of carbonyl (C=O) groups is 2. The Balaban J connectivity index is 0.00000272. The molecule has 0 saturated carbocycles. The molecule has 2 aromatic rings. The zero-order chi connectivity index (χ0) is 21.4. The molecule has 0 saturated heterocycles. The van der Waals surface area contributed by atoms with Gasteiger partial charge in [-0.15, -0.1) is 0 Å². The number of aromatic nitrogens is 1. The number of carbonyl (C=O) groups excluding carboxylic acids is 2. The minimum absolute atomic E-state index is 0. The van der Waals surface area contributed by atoms with Crippen LogP contribution in [0.3, 0.4) is 0 Å². The summed E-state index contributed by atoms with van der Waals surface area (Å²) in [6.07, 6.45) is 2.47. The van der Waals surface area contributed by atoms with E-state index in [0.29, 0.717) is 35.5 Å². The zero-order valence-corrected chi connectivity index (χ0v) is 17.6. The van der Waals surface area contributed by atoms with Gasteiger partial charge in [0, 0.05) is 48.7 Å². The van der Waals surface area contributed by atoms with Crippen LogP contribution in [0, 0.1) is 12.7 Å². The topological polar surface area (TPSA) is 68.4 Å². The first-order chi connectivity index (χ1) is 14.4. The van der Waals surface area contributed by atoms with Gasteiger partial charge < -0.3 is 20.1 Å². The van der Waals surface area contributed by atoms with Gasteiger partial charge in [0.2, 0.25) is 0 Å². The van der Waals surface area contributed by atoms with Crippen LogP contribution in [0.4, 0.5) is 10.1 Å². The number of nitrogens with zero attached hydrogens (tertiary/aromatic N) is 2. The number of anilines is 1. The third-order valence-electron chi connectivity index (χ3n) is 6.13. The minimum Gasteiger partial charge on any atom is -0.358 e. The summed E-state index contributed by atoms with van der Waals surface area (Å²) in [6.45, 7) is 10.3. The molecular formula is C24H31FN4O2. The van der Waals surface area contributed by atoms with E-state index in [0.717, 1.165) is 43.0 Å². The molecule has 0 spiro atoms. The average molecular weight is 427 g/mol. The Morgan fingerprint density at radius 1 is 1.23 bits per heavy atom. The molecule has 0 radical (unpaired) electrons. The first-order valence-electron chi connectivity index (χ1n) is 10.5. The fraction of sp³-hybridized carbons (Fsp3) is 0.417. The molecule has 2 aliphatic heterocycles. The molecule has 166 valence electrons. The normalized spacial score (nSPS) is 16.4. The van der Waals surface area contributed by atoms with Crippen molar-refractivity contribution < 1.29 is 14.0 Å². The molecule has 2 amide bonds. The fourth-order valence-corrected chi connectivity index (χ4v) is 4.27. The number of nitrogens with one attached hydrogen (secondary N) is 2. The van der Waals surface area contributed by atoms with Crippen molar-refractivity contribution in [3.8, 4) is 0 Å². The van der Waals surface area contributed by atoms with E-state index in [1.54, 1.807) is 12.1 Å². The molecular weight excluding hydrogens is 395 g/mol. The molecule has 0 unspecified atom stereocenters. The van der Waals surface area contributed by atoms with Crippen molar-refractivity contribution in [2.24, 2.45) is 0 Å². The first-order valence-corrected chi connectivity index (χ1v) is 10.5. The number of amides is 2. The van der Waals surface area contributed by atoms with Crippen molar-refractivity contribution in [1.82, 2.24) is 14.8 Å². The van der Waals surface area contributed by atoms with Crippen LogP contribution in [0.15, 0.2) is 18.2 Å². The number of halogens is 1. The molecule has 1 aromatic carbocycles. The highest BCUT2D eigenvalue weighted by atomic mass is 19.1. The highest BCUT2D eigenvalue weighted by Gasteiger charge is 2.30. The number of rotatable bonds is 6. The molecule has 2 N–H and O–H groups in total. The van der Waals surface area contributed by atoms with E-state index >= 15 is 0 Å². The van der Waals surface area contributed by atoms with Crippen LogP contribution in [0.25, 0.3) is 11.6 Å². The van der Waals surface area contributed by atoms with Crippen LogP contribution in [-0.4, -0.2) is 59.3 Å². The van der Waals surface area contributed by atoms with Gasteiger partial charge in [0.25, 0.3) is 11.8 Å². The van der Waals surface area contributed by atoms with Crippen LogP contribution < -0.4 is 5.32 Å². The van der Waals surface area contributed by atoms with E-state index in [2.05, 4.69) is 29.0 Å². The lowest BCUT2D eigenvalue weighted by molar-refractivity contribution is -0.110. The summed E-state index contributed by atoms with van der Waals surface area (Å²) in [5, 5.41) is 2.76. The Kier molecular flexibility index (Phi) is 6.65. The van der Waals surface area contributed by atoms with Gasteiger partial charge in [0.1, 0.15) is 5.82 Å². The second kappa shape index (κ2) is 9.06. The number of hydrogen-bond acceptors (Lipinski definition) is 3. The Morgan fingerprint density at radius 2 is 1.97 bits per heavy atom. The van der Waals surface area contributed by atoms with Gasteiger partial charge in [0.05, 0.1) is 11.1 Å². The SMILES string of the molecule is C.CCN(CC)CCN1CCc2[nH]c(/C=C3\C(=O)Nc4ccc(F)cc43)c(C)c2C1=O. The summed E-state index contributed by atoms with van der Waals surface area (Å²) < 4.78 is 13.7. The van der Waals surface area contributed by atoms with Crippen molar-refractivity contribution in [1.29, 1.82) is 0 Å². The second-order valence-electron chi connectivity index (χ2n) is 7.79. The van der Waals surface area contributed by atoms with E-state index in [-0.39, 0.29) is 19.2 Å². The first kappa shape index (κ1) is 22.7. The van der Waals surface area contributed by atoms with Gasteiger partial charge in [0.15, 0.2) is 0 Å². The number of aromatic amines is 1. The second-order valence-corrected chi connectivity index (χ2v) is 7.79. The third kappa shape index (κ3) is 4.14. The molecule has 0 fully saturated rings. The molecule has 0 aliphatic carbocycles. The summed E-state index contributed by atoms with van der Waals surface area (Å²) in [4.78, 5) is 33.1. The van der Waals surface area contributed by atoms with Gasteiger partial charge in [-0.05, 0) is 49.9 Å². The van der Waals surface area contributed by atoms with Gasteiger partial charge in [-0.3, -0.25) is 9.59 Å². The molecule has 6 nitrogen and oxygen atoms in total. The largest absolute Gasteiger partial charge is 0.358 e. The number of hydrogen-bond donors (Lipinski definition) is 2. The summed E-state index contributed by atoms with van der Waals surface area (Å²) in [6, 6.07) is 4.25. The molecule has 2 aliphatic rings. The van der Waals surface area contributed by atoms with Crippen molar-refractivity contribution in [3.63, 3.8) is 0 Å². The van der Waals surface area contributed by atoms with Gasteiger partial charge in [-0.2, -0.15) is 0 Å². The zero-order valence-electron chi connectivity index (χ0n) is 17.6. The van der Waals surface area contributed by atoms with Crippen molar-refractivity contribution in [2.45, 2.75) is 34.6 Å². The van der Waals surface area contributed by atoms with Crippen LogP contribution in [-0.2, 0) is 11.2 Å². The molecule has 31 heavy (non-hydrogen) atoms. The molecule has 7 heteroatoms. The fourth-order valence-electron chi connectivity index (χ4n) is 4.27. The Bertz CT molecular complexity index is 1040. The van der Waals surface area contributed by atoms with E-state index in [4.69, 9.17) is 0 Å². The molecule has 0 atom stereocenters. The number of likely N-dealkylation sites (N-methyl/N-ethyl adjacent to an activating group) is 1. The summed E-state index contributed by atoms with van der Waals surface area (Å²) in [5.41, 5.74) is 4.69. The van der Waals surface area contributed by atoms with E-state index in [1.165, 1.54) is 12.1 Å². The quantitative estimate of drug-likeness (QED) is 0.688. The summed E-state index contributed by atoms with van der Waals surface area (Å²) in [7, 11) is 0. The van der Waals surface area contributed by atoms with Crippen LogP contribution >= 0.6 is 0 Å². The lowest BCUT2D eigenvalue weighted by Crippen LogP contribution is -2.42. The lowest BCUT2D eigenvalue weighted by atomic mass is 10.0. The van der Waals surface area contributed by atoms with Crippen LogP contribution in [0.2, 0.25) is 0 Å². The maximum atomic E-state index is 13.7. The van der Waals surface area contributed by atoms with Gasteiger partial charge >= 0.3 is 0 Å². The van der Waals surface area contributed by atoms with Crippen molar-refractivity contribution in [2.75, 3.05) is 38.0 Å². The Hall–Kier alpha value is -2.93. The highest BCUT2D eigenvalue weighted by molar-refractivity contribution is 6.34. The van der Waals surface area contributed by atoms with Crippen LogP contribution in [0.1, 0.15) is 54.1 Å². The maximum Gasteiger partial charge on any atom is 0.256 e. The molecule has 4 rings (SSSR count). The maximum absolute atomic E-state index is 13.7. The van der Waals surface area contributed by atoms with Crippen molar-refractivity contribution >= 4 is 29.2 Å². The number of H-pyrrole nitrogens is 1. The smallest absolute Gasteiger partial charge is 0.256 e. The Labute approximate surface area is 183 Å². The van der Waals surface area contributed by atoms with Gasteiger partial charge in [-0.1, -0.05) is 21.3 Å². The number of benzene rings is 1. The van der Waals surface area contributed by atoms with Gasteiger partial charge in [-0.25, -0.2) is 4.39 Å². The molecule has 3 heterocycles. The summed E-state index contributed by atoms with van der Waals surface area (Å²) in [5.74, 6) is -0.628. The Morgan fingerprint density at radius 3 is 2.68 bits per heavy atom. The monoisotopic (exact) mass is 426 g/mol. The van der Waals surface area contributed by atoms with Crippen LogP contribution in [0.5, 0.6) is 0 Å². The predicted molar refractivity (Wildman–Crippen MR) is 123 cm³/mol. The van der Waals surface area contributed by atoms with E-state index in [9.17, 15) is 14.0 Å². The number of fused-ring (bicyclic) bond motifs is 2. The predicted octanol–water partition coefficient (Wildman–Crippen LogP) is 3.93. The molecule has 1 aromatic heterocycles. The third-order valence-corrected chi connectivity index (χ3v) is 6.13. The lowest BCUT2D eigenvalue weighted by Gasteiger charge is -2.29. The van der Waals surface area contributed by atoms with Crippen molar-refractivity contribution in [3.05, 3.63) is 52.1 Å². The minimum atomic E-state index is -0.391. The average Bonchev–Trinajstić information content (AvgIpc) is 3.21. The van der Waals surface area contributed by atoms with E-state index < -0.39 is 5.82 Å². The van der Waals surface area contributed by atoms with E-state index in [1.807, 2.05) is 11.8 Å². The standard InChI is InChI=1S/C23H27FN4O2.CH4/c1-4-27(5-2)10-11-28-9-8-19-21(23(28)30)14(3)20(25-19)13-17-16-12-15(24)6-7-18(16)26-22(17)29;/h6-7,12-13,25H,4-5,8-11H2,1-3H3,(H,26,29);1H4/b17-13-;.